The molecule has 9 rings (SSSR count). The topological polar surface area (TPSA) is 325 Å². The number of nitrogens with zero attached hydrogens (tertiary/aromatic N) is 9. The number of ether oxygens (including phenoxy) is 3. The van der Waals surface area contributed by atoms with Crippen molar-refractivity contribution in [2.45, 2.75) is 114 Å². The van der Waals surface area contributed by atoms with Crippen molar-refractivity contribution in [2.24, 2.45) is 7.05 Å². The summed E-state index contributed by atoms with van der Waals surface area (Å²) in [5, 5.41) is 63.2. The van der Waals surface area contributed by atoms with Gasteiger partial charge in [0.1, 0.15) is 64.4 Å². The van der Waals surface area contributed by atoms with Gasteiger partial charge in [0.2, 0.25) is 5.95 Å². The number of aromatic amines is 2. The van der Waals surface area contributed by atoms with Gasteiger partial charge in [-0.1, -0.05) is 12.2 Å². The minimum Gasteiger partial charge on any atom is -0.388 e. The standard InChI is InChI=1S/C16H25N4O4P.C16H24N3O3PS.C15H24N5O4P/c1-9-18-14-11(15(23)19(9)2)17-8-20(14)16-13(22)12(21)10(24-16)6-7-25(3,4)5;1-9-17-14-10(15(24)18-9)5-7-19(14)16-13(21)12(20)11(22-16)6-8-23(2,3)4;1-7-17-12-9(13(23)18-7)19-15(16)20(12)14-11(22)10(21)8(24-14)5-6-25(2,3)4/h8,10,12-13,16,21-22H,3,6-7H2,1-2,4-5H3;5,7,11-13,16,20-21H,2,6,8H2,1,3-4H3,(H,17,18,24);8,10-11,14,21-22H,2,5-6H2,1,3-4H3,(H2,16,19)(H,17,18,23)/t10-,12-,13-,16-;11-,12-,13-,16-;8-,10-,11-,14-/m111/s1. The van der Waals surface area contributed by atoms with E-state index < -0.39 is 99.8 Å². The van der Waals surface area contributed by atoms with E-state index in [9.17, 15) is 40.2 Å². The minimum absolute atomic E-state index is 0.000452. The fraction of sp³-hybridized carbons (Fsp3) is 0.596. The Balaban J connectivity index is 0.000000162. The van der Waals surface area contributed by atoms with E-state index in [0.29, 0.717) is 47.0 Å². The van der Waals surface area contributed by atoms with E-state index in [-0.39, 0.29) is 28.2 Å². The molecule has 0 aromatic carbocycles. The summed E-state index contributed by atoms with van der Waals surface area (Å²) >= 11 is 5.29. The first kappa shape index (κ1) is 57.6. The molecule has 12 atom stereocenters. The minimum atomic E-state index is -1.28. The molecule has 0 saturated carbocycles. The van der Waals surface area contributed by atoms with E-state index in [1.54, 1.807) is 31.7 Å². The molecule has 27 heteroatoms. The molecule has 0 aliphatic carbocycles. The van der Waals surface area contributed by atoms with E-state index in [1.165, 1.54) is 20.0 Å². The third-order valence-electron chi connectivity index (χ3n) is 13.3. The summed E-state index contributed by atoms with van der Waals surface area (Å²) < 4.78 is 24.4. The summed E-state index contributed by atoms with van der Waals surface area (Å²) in [6.45, 7) is 14.2. The lowest BCUT2D eigenvalue weighted by atomic mass is 10.1. The molecule has 408 valence electrons. The molecule has 0 spiro atoms. The third kappa shape index (κ3) is 12.5. The Morgan fingerprint density at radius 2 is 1.14 bits per heavy atom. The van der Waals surface area contributed by atoms with Crippen LogP contribution in [-0.4, -0.2) is 216 Å². The molecule has 23 nitrogen and oxygen atoms in total. The fourth-order valence-electron chi connectivity index (χ4n) is 9.08. The number of nitrogen functional groups attached to an aromatic ring is 1. The lowest BCUT2D eigenvalue weighted by Gasteiger charge is -2.19. The molecule has 10 N–H and O–H groups in total. The zero-order valence-electron chi connectivity index (χ0n) is 43.6. The van der Waals surface area contributed by atoms with Crippen molar-refractivity contribution in [1.82, 2.24) is 53.2 Å². The second kappa shape index (κ2) is 22.1. The first-order valence-electron chi connectivity index (χ1n) is 24.1. The molecular formula is C47H73N12O11P3S. The van der Waals surface area contributed by atoms with Crippen molar-refractivity contribution in [3.05, 3.63) is 61.4 Å². The number of hydrogen-bond donors (Lipinski definition) is 9. The van der Waals surface area contributed by atoms with Crippen LogP contribution in [0.25, 0.3) is 33.4 Å². The predicted octanol–water partition coefficient (Wildman–Crippen LogP) is 2.01. The maximum atomic E-state index is 12.3. The normalized spacial score (nSPS) is 27.5. The highest BCUT2D eigenvalue weighted by Crippen LogP contribution is 2.43. The van der Waals surface area contributed by atoms with E-state index >= 15 is 0 Å². The molecule has 0 unspecified atom stereocenters. The van der Waals surface area contributed by atoms with Crippen molar-refractivity contribution >= 4 is 91.1 Å². The molecule has 9 heterocycles. The maximum absolute atomic E-state index is 12.3. The Hall–Kier alpha value is -4.12. The monoisotopic (exact) mass is 1110 g/mol. The zero-order valence-corrected chi connectivity index (χ0v) is 47.1. The third-order valence-corrected chi connectivity index (χ3v) is 18.0. The Kier molecular flexibility index (Phi) is 17.2. The highest BCUT2D eigenvalue weighted by atomic mass is 32.1. The van der Waals surface area contributed by atoms with Crippen molar-refractivity contribution in [2.75, 3.05) is 64.2 Å². The van der Waals surface area contributed by atoms with E-state index in [1.807, 2.05) is 13.0 Å². The van der Waals surface area contributed by atoms with Crippen molar-refractivity contribution in [3.8, 4) is 0 Å². The molecule has 3 fully saturated rings. The summed E-state index contributed by atoms with van der Waals surface area (Å²) in [6, 6.07) is 1.85. The summed E-state index contributed by atoms with van der Waals surface area (Å²) in [5.41, 5.74) is 6.86. The highest BCUT2D eigenvalue weighted by Gasteiger charge is 2.47. The number of anilines is 1. The zero-order chi connectivity index (χ0) is 54.7. The second-order valence-corrected chi connectivity index (χ2v) is 34.9. The first-order chi connectivity index (χ1) is 34.3. The van der Waals surface area contributed by atoms with Gasteiger partial charge in [0.05, 0.1) is 30.0 Å². The Morgan fingerprint density at radius 3 is 1.65 bits per heavy atom. The SMILES string of the molecule is C=P(C)(C)CC[C@H]1O[C@@H](n2c(N)nc3c(=O)[nH]c(C)nc32)[C@H](O)[C@@H]1O.C=P(C)(C)CC[C@H]1O[C@@H](n2ccc3c(=S)nc(C)[nH]c32)[C@H](O)[C@@H]1O.C=P(C)(C)CC[C@H]1O[C@@H](n2cnc3c(=O)n(C)c(C)nc32)[C@H](O)[C@@H]1O. The number of aromatic nitrogens is 11. The average molecular weight is 1110 g/mol. The average Bonchev–Trinajstić information content (AvgIpc) is 4.14. The Bertz CT molecular complexity index is 3350. The molecule has 0 amide bonds. The van der Waals surface area contributed by atoms with E-state index in [4.69, 9.17) is 32.2 Å². The van der Waals surface area contributed by atoms with Gasteiger partial charge in [-0.05, 0) is 105 Å². The Labute approximate surface area is 433 Å². The molecular weight excluding hydrogens is 1030 g/mol. The number of aliphatic hydroxyl groups excluding tert-OH is 6. The van der Waals surface area contributed by atoms with Gasteiger partial charge in [0.15, 0.2) is 41.0 Å². The van der Waals surface area contributed by atoms with Gasteiger partial charge < -0.3 is 65.1 Å². The number of aryl methyl sites for hydroxylation is 3. The maximum Gasteiger partial charge on any atom is 0.281 e. The summed E-state index contributed by atoms with van der Waals surface area (Å²) in [6.07, 6.45) is 10.1. The quantitative estimate of drug-likeness (QED) is 0.0625. The van der Waals surface area contributed by atoms with Gasteiger partial charge in [-0.25, -0.2) is 24.9 Å². The molecule has 6 aromatic rings. The molecule has 0 bridgehead atoms. The summed E-state index contributed by atoms with van der Waals surface area (Å²) in [4.78, 5) is 51.1. The number of aliphatic hydroxyl groups is 6. The molecule has 74 heavy (non-hydrogen) atoms. The van der Waals surface area contributed by atoms with Crippen LogP contribution in [0.5, 0.6) is 0 Å². The van der Waals surface area contributed by atoms with Crippen molar-refractivity contribution in [3.63, 3.8) is 0 Å². The van der Waals surface area contributed by atoms with Gasteiger partial charge in [0, 0.05) is 13.2 Å². The molecule has 3 aliphatic rings. The number of imidazole rings is 2. The van der Waals surface area contributed by atoms with E-state index in [2.05, 4.69) is 93.8 Å². The number of hydrogen-bond acceptors (Lipinski definition) is 18. The van der Waals surface area contributed by atoms with E-state index in [0.717, 1.165) is 29.5 Å². The lowest BCUT2D eigenvalue weighted by molar-refractivity contribution is -0.0353. The smallest absolute Gasteiger partial charge is 0.281 e. The van der Waals surface area contributed by atoms with Gasteiger partial charge in [-0.15, -0.1) is 39.6 Å². The molecule has 3 saturated heterocycles. The number of nitrogens with two attached hydrogens (primary N) is 1. The largest absolute Gasteiger partial charge is 0.388 e. The molecule has 3 aliphatic heterocycles. The summed E-state index contributed by atoms with van der Waals surface area (Å²) in [7, 11) is 1.63. The van der Waals surface area contributed by atoms with Crippen molar-refractivity contribution in [1.29, 1.82) is 0 Å². The van der Waals surface area contributed by atoms with Crippen LogP contribution in [0.2, 0.25) is 0 Å². The van der Waals surface area contributed by atoms with Gasteiger partial charge in [0.25, 0.3) is 11.1 Å². The lowest BCUT2D eigenvalue weighted by Crippen LogP contribution is -2.32. The summed E-state index contributed by atoms with van der Waals surface area (Å²) in [5.74, 6) is 1.63. The molecule has 6 aromatic heterocycles. The van der Waals surface area contributed by atoms with Crippen LogP contribution in [0.3, 0.4) is 0 Å². The van der Waals surface area contributed by atoms with Gasteiger partial charge in [-0.2, -0.15) is 0 Å². The number of H-pyrrole nitrogens is 2. The van der Waals surface area contributed by atoms with Crippen LogP contribution in [0, 0.1) is 25.4 Å². The first-order valence-corrected chi connectivity index (χ1v) is 33.7. The molecule has 0 radical (unpaired) electrons. The van der Waals surface area contributed by atoms with Crippen molar-refractivity contribution < 1.29 is 44.8 Å². The van der Waals surface area contributed by atoms with Crippen LogP contribution in [-0.2, 0) is 21.3 Å². The van der Waals surface area contributed by atoms with Crippen LogP contribution < -0.4 is 16.9 Å². The van der Waals surface area contributed by atoms with Crippen LogP contribution in [0.4, 0.5) is 5.95 Å². The number of fused-ring (bicyclic) bond motifs is 3. The van der Waals surface area contributed by atoms with Crippen LogP contribution in [0.15, 0.2) is 28.2 Å². The second-order valence-electron chi connectivity index (χ2n) is 21.6. The fourth-order valence-corrected chi connectivity index (χ4v) is 12.2. The number of nitrogens with one attached hydrogen (secondary N) is 2. The Morgan fingerprint density at radius 1 is 0.662 bits per heavy atom. The highest BCUT2D eigenvalue weighted by molar-refractivity contribution is 7.73. The van der Waals surface area contributed by atoms with Gasteiger partial charge in [-0.3, -0.25) is 23.3 Å². The predicted molar refractivity (Wildman–Crippen MR) is 298 cm³/mol. The number of rotatable bonds is 12. The van der Waals surface area contributed by atoms with Gasteiger partial charge >= 0.3 is 0 Å². The van der Waals surface area contributed by atoms with Crippen LogP contribution in [0.1, 0.15) is 55.4 Å². The van der Waals surface area contributed by atoms with Crippen LogP contribution >= 0.6 is 32.9 Å².